The summed E-state index contributed by atoms with van der Waals surface area (Å²) in [5.41, 5.74) is 2.84. The van der Waals surface area contributed by atoms with E-state index in [0.717, 1.165) is 81.1 Å². The number of ether oxygens (including phenoxy) is 1. The van der Waals surface area contributed by atoms with Crippen molar-refractivity contribution in [2.45, 2.75) is 51.0 Å². The van der Waals surface area contributed by atoms with Gasteiger partial charge in [-0.1, -0.05) is 17.7 Å². The molecule has 1 aliphatic carbocycles. The second-order valence-corrected chi connectivity index (χ2v) is 8.81. The number of aliphatic hydroxyl groups excluding tert-OH is 1. The third kappa shape index (κ3) is 5.68. The highest BCUT2D eigenvalue weighted by Gasteiger charge is 2.20. The molecule has 0 radical (unpaired) electrons. The smallest absolute Gasteiger partial charge is 0.126 e. The highest BCUT2D eigenvalue weighted by Crippen LogP contribution is 2.31. The molecule has 0 amide bonds. The molecule has 1 unspecified atom stereocenters. The SMILES string of the molecule is OC1CCC(Cc2cc(-c3cccc(NCC4CCCOC4)n3)c(Cl)cn2)CC1. The van der Waals surface area contributed by atoms with Crippen LogP contribution in [0.5, 0.6) is 0 Å². The highest BCUT2D eigenvalue weighted by atomic mass is 35.5. The lowest BCUT2D eigenvalue weighted by molar-refractivity contribution is 0.0595. The zero-order chi connectivity index (χ0) is 20.1. The first-order valence-corrected chi connectivity index (χ1v) is 11.2. The van der Waals surface area contributed by atoms with Crippen LogP contribution in [-0.4, -0.2) is 40.9 Å². The minimum atomic E-state index is -0.125. The Bertz CT molecular complexity index is 802. The van der Waals surface area contributed by atoms with Gasteiger partial charge in [0.2, 0.25) is 0 Å². The summed E-state index contributed by atoms with van der Waals surface area (Å²) in [5.74, 6) is 1.99. The molecular weight excluding hydrogens is 386 g/mol. The molecule has 1 atom stereocenters. The molecular formula is C23H30ClN3O2. The van der Waals surface area contributed by atoms with Crippen molar-refractivity contribution in [2.75, 3.05) is 25.1 Å². The van der Waals surface area contributed by atoms with Gasteiger partial charge in [0, 0.05) is 30.6 Å². The fraction of sp³-hybridized carbons (Fsp3) is 0.565. The summed E-state index contributed by atoms with van der Waals surface area (Å²) in [6.07, 6.45) is 8.78. The van der Waals surface area contributed by atoms with Crippen LogP contribution >= 0.6 is 11.6 Å². The highest BCUT2D eigenvalue weighted by molar-refractivity contribution is 6.33. The first kappa shape index (κ1) is 20.6. The van der Waals surface area contributed by atoms with Gasteiger partial charge in [0.25, 0.3) is 0 Å². The topological polar surface area (TPSA) is 67.3 Å². The number of nitrogens with one attached hydrogen (secondary N) is 1. The van der Waals surface area contributed by atoms with Gasteiger partial charge < -0.3 is 15.2 Å². The van der Waals surface area contributed by atoms with E-state index in [1.54, 1.807) is 6.20 Å². The standard InChI is InChI=1S/C23H30ClN3O2/c24-21-14-25-18(11-16-6-8-19(28)9-7-16)12-20(21)22-4-1-5-23(27-22)26-13-17-3-2-10-29-15-17/h1,4-5,12,14,16-17,19,28H,2-3,6-11,13,15H2,(H,26,27). The molecule has 156 valence electrons. The molecule has 29 heavy (non-hydrogen) atoms. The van der Waals surface area contributed by atoms with E-state index in [0.29, 0.717) is 16.9 Å². The summed E-state index contributed by atoms with van der Waals surface area (Å²) in [6.45, 7) is 2.58. The van der Waals surface area contributed by atoms with Crippen molar-refractivity contribution < 1.29 is 9.84 Å². The maximum atomic E-state index is 9.72. The van der Waals surface area contributed by atoms with E-state index in [2.05, 4.69) is 16.4 Å². The van der Waals surface area contributed by atoms with Crippen LogP contribution in [0.3, 0.4) is 0 Å². The van der Waals surface area contributed by atoms with Crippen molar-refractivity contribution in [2.24, 2.45) is 11.8 Å². The normalized spacial score (nSPS) is 25.0. The van der Waals surface area contributed by atoms with Crippen molar-refractivity contribution in [3.63, 3.8) is 0 Å². The van der Waals surface area contributed by atoms with Crippen LogP contribution in [0.1, 0.15) is 44.2 Å². The average molecular weight is 416 g/mol. The van der Waals surface area contributed by atoms with Crippen LogP contribution in [0.2, 0.25) is 5.02 Å². The molecule has 5 nitrogen and oxygen atoms in total. The molecule has 0 bridgehead atoms. The number of hydrogen-bond acceptors (Lipinski definition) is 5. The number of aromatic nitrogens is 2. The fourth-order valence-corrected chi connectivity index (χ4v) is 4.54. The number of rotatable bonds is 6. The molecule has 2 fully saturated rings. The lowest BCUT2D eigenvalue weighted by Gasteiger charge is -2.25. The molecule has 1 saturated heterocycles. The molecule has 0 aromatic carbocycles. The minimum Gasteiger partial charge on any atom is -0.393 e. The van der Waals surface area contributed by atoms with Crippen molar-refractivity contribution in [3.05, 3.63) is 41.2 Å². The summed E-state index contributed by atoms with van der Waals surface area (Å²) in [7, 11) is 0. The fourth-order valence-electron chi connectivity index (χ4n) is 4.34. The van der Waals surface area contributed by atoms with Crippen molar-refractivity contribution in [1.82, 2.24) is 9.97 Å². The Balaban J connectivity index is 1.44. The van der Waals surface area contributed by atoms with E-state index < -0.39 is 0 Å². The summed E-state index contributed by atoms with van der Waals surface area (Å²) in [4.78, 5) is 9.33. The quantitative estimate of drug-likeness (QED) is 0.713. The van der Waals surface area contributed by atoms with Gasteiger partial charge in [0.1, 0.15) is 5.82 Å². The molecule has 2 aromatic heterocycles. The molecule has 2 aliphatic rings. The van der Waals surface area contributed by atoms with Gasteiger partial charge in [-0.25, -0.2) is 4.98 Å². The molecule has 2 aromatic rings. The van der Waals surface area contributed by atoms with Crippen LogP contribution < -0.4 is 5.32 Å². The second-order valence-electron chi connectivity index (χ2n) is 8.41. The van der Waals surface area contributed by atoms with E-state index in [9.17, 15) is 5.11 Å². The molecule has 1 saturated carbocycles. The van der Waals surface area contributed by atoms with Gasteiger partial charge >= 0.3 is 0 Å². The van der Waals surface area contributed by atoms with Crippen molar-refractivity contribution in [3.8, 4) is 11.3 Å². The molecule has 1 aliphatic heterocycles. The Morgan fingerprint density at radius 3 is 2.79 bits per heavy atom. The van der Waals surface area contributed by atoms with Gasteiger partial charge in [-0.15, -0.1) is 0 Å². The average Bonchev–Trinajstić information content (AvgIpc) is 2.76. The summed E-state index contributed by atoms with van der Waals surface area (Å²) in [5, 5.41) is 13.8. The predicted molar refractivity (Wildman–Crippen MR) is 116 cm³/mol. The number of hydrogen-bond donors (Lipinski definition) is 2. The van der Waals surface area contributed by atoms with Gasteiger partial charge in [0.15, 0.2) is 0 Å². The maximum absolute atomic E-state index is 9.72. The first-order valence-electron chi connectivity index (χ1n) is 10.8. The Morgan fingerprint density at radius 1 is 1.14 bits per heavy atom. The van der Waals surface area contributed by atoms with E-state index >= 15 is 0 Å². The number of anilines is 1. The third-order valence-corrected chi connectivity index (χ3v) is 6.38. The lowest BCUT2D eigenvalue weighted by Crippen LogP contribution is -2.24. The largest absolute Gasteiger partial charge is 0.393 e. The van der Waals surface area contributed by atoms with Gasteiger partial charge in [-0.2, -0.15) is 0 Å². The Morgan fingerprint density at radius 2 is 2.00 bits per heavy atom. The van der Waals surface area contributed by atoms with E-state index in [1.165, 1.54) is 6.42 Å². The summed E-state index contributed by atoms with van der Waals surface area (Å²) in [6, 6.07) is 8.09. The Labute approximate surface area is 177 Å². The van der Waals surface area contributed by atoms with Crippen LogP contribution in [-0.2, 0) is 11.2 Å². The van der Waals surface area contributed by atoms with Crippen LogP contribution in [0, 0.1) is 11.8 Å². The van der Waals surface area contributed by atoms with Crippen molar-refractivity contribution >= 4 is 17.4 Å². The van der Waals surface area contributed by atoms with Crippen LogP contribution in [0.25, 0.3) is 11.3 Å². The third-order valence-electron chi connectivity index (χ3n) is 6.08. The van der Waals surface area contributed by atoms with Gasteiger partial charge in [-0.3, -0.25) is 4.98 Å². The first-order chi connectivity index (χ1) is 14.2. The Hall–Kier alpha value is -1.69. The predicted octanol–water partition coefficient (Wildman–Crippen LogP) is 4.73. The number of nitrogens with zero attached hydrogens (tertiary/aromatic N) is 2. The number of pyridine rings is 2. The molecule has 6 heteroatoms. The molecule has 3 heterocycles. The molecule has 0 spiro atoms. The van der Waals surface area contributed by atoms with Gasteiger partial charge in [-0.05, 0) is 75.0 Å². The number of aliphatic hydroxyl groups is 1. The zero-order valence-corrected chi connectivity index (χ0v) is 17.6. The van der Waals surface area contributed by atoms with Crippen LogP contribution in [0.15, 0.2) is 30.5 Å². The minimum absolute atomic E-state index is 0.125. The summed E-state index contributed by atoms with van der Waals surface area (Å²) >= 11 is 6.47. The zero-order valence-electron chi connectivity index (χ0n) is 16.8. The maximum Gasteiger partial charge on any atom is 0.126 e. The number of halogens is 1. The van der Waals surface area contributed by atoms with Crippen LogP contribution in [0.4, 0.5) is 5.82 Å². The molecule has 4 rings (SSSR count). The van der Waals surface area contributed by atoms with Gasteiger partial charge in [0.05, 0.1) is 23.4 Å². The monoisotopic (exact) mass is 415 g/mol. The van der Waals surface area contributed by atoms with E-state index in [4.69, 9.17) is 21.3 Å². The van der Waals surface area contributed by atoms with E-state index in [-0.39, 0.29) is 6.10 Å². The Kier molecular flexibility index (Phi) is 7.01. The molecule has 2 N–H and O–H groups in total. The summed E-state index contributed by atoms with van der Waals surface area (Å²) < 4.78 is 5.56. The van der Waals surface area contributed by atoms with Crippen molar-refractivity contribution in [1.29, 1.82) is 0 Å². The lowest BCUT2D eigenvalue weighted by atomic mass is 9.84. The second kappa shape index (κ2) is 9.88. The van der Waals surface area contributed by atoms with E-state index in [1.807, 2.05) is 18.2 Å².